The van der Waals surface area contributed by atoms with E-state index in [9.17, 15) is 19.2 Å². The number of benzene rings is 2. The molecule has 0 bridgehead atoms. The second-order valence-corrected chi connectivity index (χ2v) is 7.67. The van der Waals surface area contributed by atoms with Gasteiger partial charge in [0.05, 0.1) is 5.92 Å². The average molecular weight is 423 g/mol. The Kier molecular flexibility index (Phi) is 6.69. The molecule has 2 aromatic carbocycles. The molecule has 0 radical (unpaired) electrons. The number of amides is 3. The highest BCUT2D eigenvalue weighted by molar-refractivity contribution is 6.00. The van der Waals surface area contributed by atoms with Crippen molar-refractivity contribution in [3.05, 3.63) is 53.6 Å². The minimum Gasteiger partial charge on any atom is -0.455 e. The molecule has 31 heavy (non-hydrogen) atoms. The summed E-state index contributed by atoms with van der Waals surface area (Å²) in [4.78, 5) is 49.5. The molecule has 0 saturated carbocycles. The van der Waals surface area contributed by atoms with Crippen molar-refractivity contribution >= 4 is 40.8 Å². The van der Waals surface area contributed by atoms with Gasteiger partial charge >= 0.3 is 5.97 Å². The molecule has 1 aliphatic heterocycles. The predicted octanol–water partition coefficient (Wildman–Crippen LogP) is 2.80. The van der Waals surface area contributed by atoms with Gasteiger partial charge in [0, 0.05) is 37.0 Å². The number of anilines is 3. The lowest BCUT2D eigenvalue weighted by Crippen LogP contribution is -2.28. The third-order valence-corrected chi connectivity index (χ3v) is 4.81. The quantitative estimate of drug-likeness (QED) is 0.695. The van der Waals surface area contributed by atoms with E-state index in [-0.39, 0.29) is 24.8 Å². The molecule has 0 unspecified atom stereocenters. The van der Waals surface area contributed by atoms with Gasteiger partial charge in [0.15, 0.2) is 6.61 Å². The number of carbonyl (C=O) groups excluding carboxylic acids is 4. The summed E-state index contributed by atoms with van der Waals surface area (Å²) >= 11 is 0. The molecule has 3 amide bonds. The molecule has 0 aromatic heterocycles. The number of aryl methyl sites for hydroxylation is 2. The Labute approximate surface area is 180 Å². The van der Waals surface area contributed by atoms with E-state index < -0.39 is 24.4 Å². The lowest BCUT2D eigenvalue weighted by atomic mass is 10.1. The number of nitrogens with one attached hydrogen (secondary N) is 2. The lowest BCUT2D eigenvalue weighted by Gasteiger charge is -2.18. The van der Waals surface area contributed by atoms with Gasteiger partial charge in [-0.25, -0.2) is 0 Å². The molecule has 1 aliphatic rings. The number of esters is 1. The van der Waals surface area contributed by atoms with Crippen molar-refractivity contribution in [1.82, 2.24) is 0 Å². The SMILES string of the molecule is CC(=O)Nc1ccc(NC(=O)COC(=O)[C@H]2CC(=O)N(c3cc(C)cc(C)c3)C2)cc1. The Balaban J connectivity index is 1.50. The third kappa shape index (κ3) is 5.91. The van der Waals surface area contributed by atoms with Crippen molar-refractivity contribution < 1.29 is 23.9 Å². The summed E-state index contributed by atoms with van der Waals surface area (Å²) in [5, 5.41) is 5.25. The van der Waals surface area contributed by atoms with Gasteiger partial charge in [-0.2, -0.15) is 0 Å². The van der Waals surface area contributed by atoms with Crippen LogP contribution in [0, 0.1) is 19.8 Å². The van der Waals surface area contributed by atoms with Crippen LogP contribution >= 0.6 is 0 Å². The number of hydrogen-bond acceptors (Lipinski definition) is 5. The van der Waals surface area contributed by atoms with Crippen molar-refractivity contribution in [1.29, 1.82) is 0 Å². The molecule has 0 aliphatic carbocycles. The van der Waals surface area contributed by atoms with Crippen molar-refractivity contribution in [2.45, 2.75) is 27.2 Å². The van der Waals surface area contributed by atoms with Gasteiger partial charge < -0.3 is 20.3 Å². The molecule has 0 spiro atoms. The lowest BCUT2D eigenvalue weighted by molar-refractivity contribution is -0.151. The Morgan fingerprint density at radius 3 is 2.16 bits per heavy atom. The van der Waals surface area contributed by atoms with Gasteiger partial charge in [0.25, 0.3) is 5.91 Å². The summed E-state index contributed by atoms with van der Waals surface area (Å²) in [5.41, 5.74) is 3.95. The Hall–Kier alpha value is -3.68. The van der Waals surface area contributed by atoms with Gasteiger partial charge in [0.1, 0.15) is 0 Å². The largest absolute Gasteiger partial charge is 0.455 e. The van der Waals surface area contributed by atoms with Gasteiger partial charge in [-0.1, -0.05) is 6.07 Å². The number of rotatable bonds is 6. The first-order chi connectivity index (χ1) is 14.7. The summed E-state index contributed by atoms with van der Waals surface area (Å²) in [5.74, 6) is -2.01. The monoisotopic (exact) mass is 423 g/mol. The van der Waals surface area contributed by atoms with E-state index in [1.165, 1.54) is 6.92 Å². The normalized spacial score (nSPS) is 15.5. The van der Waals surface area contributed by atoms with Crippen molar-refractivity contribution in [2.24, 2.45) is 5.92 Å². The molecule has 1 heterocycles. The number of nitrogens with zero attached hydrogens (tertiary/aromatic N) is 1. The first-order valence-electron chi connectivity index (χ1n) is 9.94. The molecule has 162 valence electrons. The van der Waals surface area contributed by atoms with Crippen LogP contribution in [0.4, 0.5) is 17.1 Å². The topological polar surface area (TPSA) is 105 Å². The summed E-state index contributed by atoms with van der Waals surface area (Å²) in [7, 11) is 0. The van der Waals surface area contributed by atoms with Crippen LogP contribution in [0.5, 0.6) is 0 Å². The van der Waals surface area contributed by atoms with Crippen molar-refractivity contribution in [2.75, 3.05) is 28.7 Å². The number of carbonyl (C=O) groups is 4. The zero-order valence-electron chi connectivity index (χ0n) is 17.7. The maximum Gasteiger partial charge on any atom is 0.311 e. The van der Waals surface area contributed by atoms with Gasteiger partial charge in [0.2, 0.25) is 11.8 Å². The molecular weight excluding hydrogens is 398 g/mol. The highest BCUT2D eigenvalue weighted by Gasteiger charge is 2.36. The maximum absolute atomic E-state index is 12.4. The van der Waals surface area contributed by atoms with E-state index in [1.54, 1.807) is 29.2 Å². The average Bonchev–Trinajstić information content (AvgIpc) is 3.08. The zero-order valence-corrected chi connectivity index (χ0v) is 17.7. The highest BCUT2D eigenvalue weighted by Crippen LogP contribution is 2.27. The molecule has 8 nitrogen and oxygen atoms in total. The van der Waals surface area contributed by atoms with Crippen molar-refractivity contribution in [3.63, 3.8) is 0 Å². The minimum absolute atomic E-state index is 0.0536. The fourth-order valence-electron chi connectivity index (χ4n) is 3.51. The molecule has 2 N–H and O–H groups in total. The van der Waals surface area contributed by atoms with Crippen LogP contribution in [-0.4, -0.2) is 36.8 Å². The maximum atomic E-state index is 12.4. The summed E-state index contributed by atoms with van der Waals surface area (Å²) in [6.07, 6.45) is 0.0536. The van der Waals surface area contributed by atoms with Gasteiger partial charge in [-0.3, -0.25) is 19.2 Å². The van der Waals surface area contributed by atoms with Gasteiger partial charge in [-0.05, 0) is 61.4 Å². The van der Waals surface area contributed by atoms with E-state index in [1.807, 2.05) is 32.0 Å². The van der Waals surface area contributed by atoms with E-state index in [0.29, 0.717) is 11.4 Å². The Bertz CT molecular complexity index is 996. The van der Waals surface area contributed by atoms with E-state index in [0.717, 1.165) is 16.8 Å². The first kappa shape index (κ1) is 22.0. The third-order valence-electron chi connectivity index (χ3n) is 4.81. The van der Waals surface area contributed by atoms with E-state index in [2.05, 4.69) is 10.6 Å². The second kappa shape index (κ2) is 9.42. The smallest absolute Gasteiger partial charge is 0.311 e. The van der Waals surface area contributed by atoms with Crippen LogP contribution in [0.1, 0.15) is 24.5 Å². The number of hydrogen-bond donors (Lipinski definition) is 2. The van der Waals surface area contributed by atoms with Crippen molar-refractivity contribution in [3.8, 4) is 0 Å². The fourth-order valence-corrected chi connectivity index (χ4v) is 3.51. The molecule has 2 aromatic rings. The molecular formula is C23H25N3O5. The van der Waals surface area contributed by atoms with Crippen LogP contribution in [0.15, 0.2) is 42.5 Å². The van der Waals surface area contributed by atoms with E-state index in [4.69, 9.17) is 4.74 Å². The zero-order chi connectivity index (χ0) is 22.5. The van der Waals surface area contributed by atoms with Crippen LogP contribution < -0.4 is 15.5 Å². The standard InChI is InChI=1S/C23H25N3O5/c1-14-8-15(2)10-20(9-14)26-12-17(11-22(26)29)23(30)31-13-21(28)25-19-6-4-18(5-7-19)24-16(3)27/h4-10,17H,11-13H2,1-3H3,(H,24,27)(H,25,28)/t17-/m0/s1. The molecule has 3 rings (SSSR count). The molecule has 1 atom stereocenters. The fraction of sp³-hybridized carbons (Fsp3) is 0.304. The van der Waals surface area contributed by atoms with E-state index >= 15 is 0 Å². The van der Waals surface area contributed by atoms with Crippen LogP contribution in [-0.2, 0) is 23.9 Å². The first-order valence-corrected chi connectivity index (χ1v) is 9.94. The molecule has 1 saturated heterocycles. The van der Waals surface area contributed by atoms with Crippen LogP contribution in [0.25, 0.3) is 0 Å². The van der Waals surface area contributed by atoms with Crippen LogP contribution in [0.3, 0.4) is 0 Å². The molecule has 1 fully saturated rings. The second-order valence-electron chi connectivity index (χ2n) is 7.67. The summed E-state index contributed by atoms with van der Waals surface area (Å²) in [6.45, 7) is 5.10. The minimum atomic E-state index is -0.613. The predicted molar refractivity (Wildman–Crippen MR) is 117 cm³/mol. The Morgan fingerprint density at radius 2 is 1.58 bits per heavy atom. The summed E-state index contributed by atoms with van der Waals surface area (Å²) < 4.78 is 5.13. The van der Waals surface area contributed by atoms with Crippen LogP contribution in [0.2, 0.25) is 0 Å². The highest BCUT2D eigenvalue weighted by atomic mass is 16.5. The molecule has 8 heteroatoms. The summed E-state index contributed by atoms with van der Waals surface area (Å²) in [6, 6.07) is 12.4. The van der Waals surface area contributed by atoms with Gasteiger partial charge in [-0.15, -0.1) is 0 Å². The number of ether oxygens (including phenoxy) is 1. The Morgan fingerprint density at radius 1 is 1.00 bits per heavy atom.